The van der Waals surface area contributed by atoms with Crippen LogP contribution in [0.25, 0.3) is 0 Å². The van der Waals surface area contributed by atoms with Gasteiger partial charge in [0, 0.05) is 23.5 Å². The molecule has 0 fully saturated rings. The smallest absolute Gasteiger partial charge is 0.344 e. The Hall–Kier alpha value is -3.67. The Morgan fingerprint density at radius 2 is 1.87 bits per heavy atom. The molecule has 6 nitrogen and oxygen atoms in total. The van der Waals surface area contributed by atoms with Crippen LogP contribution in [-0.4, -0.2) is 34.5 Å². The number of aromatic nitrogens is 1. The average molecular weight is 404 g/mol. The second-order valence-corrected chi connectivity index (χ2v) is 6.73. The molecule has 2 aromatic carbocycles. The van der Waals surface area contributed by atoms with Gasteiger partial charge in [-0.05, 0) is 49.6 Å². The second-order valence-electron chi connectivity index (χ2n) is 6.73. The highest BCUT2D eigenvalue weighted by Gasteiger charge is 2.12. The normalized spacial score (nSPS) is 12.2. The highest BCUT2D eigenvalue weighted by molar-refractivity contribution is 6.12. The van der Waals surface area contributed by atoms with Crippen molar-refractivity contribution in [2.24, 2.45) is 5.16 Å². The lowest BCUT2D eigenvalue weighted by molar-refractivity contribution is -0.144. The van der Waals surface area contributed by atoms with Gasteiger partial charge in [0.2, 0.25) is 0 Å². The molecule has 0 bridgehead atoms. The van der Waals surface area contributed by atoms with Gasteiger partial charge in [-0.25, -0.2) is 4.79 Å². The SMILES string of the molecule is CC(Oc1cccc(CCCON=C(c2ccccc2)c2cccnc2)c1)C(=O)O. The van der Waals surface area contributed by atoms with E-state index in [0.717, 1.165) is 35.2 Å². The molecule has 0 spiro atoms. The third kappa shape index (κ3) is 6.17. The summed E-state index contributed by atoms with van der Waals surface area (Å²) in [5.41, 5.74) is 3.64. The van der Waals surface area contributed by atoms with Gasteiger partial charge in [-0.2, -0.15) is 0 Å². The number of hydrogen-bond donors (Lipinski definition) is 1. The van der Waals surface area contributed by atoms with Crippen molar-refractivity contribution in [1.82, 2.24) is 4.98 Å². The minimum Gasteiger partial charge on any atom is -0.479 e. The molecule has 1 aromatic heterocycles. The highest BCUT2D eigenvalue weighted by Crippen LogP contribution is 2.16. The Balaban J connectivity index is 1.57. The van der Waals surface area contributed by atoms with E-state index >= 15 is 0 Å². The zero-order valence-electron chi connectivity index (χ0n) is 16.8. The molecule has 1 N–H and O–H groups in total. The number of nitrogens with zero attached hydrogens (tertiary/aromatic N) is 2. The fourth-order valence-electron chi connectivity index (χ4n) is 2.85. The van der Waals surface area contributed by atoms with E-state index in [0.29, 0.717) is 12.4 Å². The first-order valence-electron chi connectivity index (χ1n) is 9.77. The zero-order chi connectivity index (χ0) is 21.2. The maximum absolute atomic E-state index is 10.9. The summed E-state index contributed by atoms with van der Waals surface area (Å²) < 4.78 is 5.41. The molecular formula is C24H24N2O4. The van der Waals surface area contributed by atoms with Crippen LogP contribution in [-0.2, 0) is 16.1 Å². The summed E-state index contributed by atoms with van der Waals surface area (Å²) in [4.78, 5) is 20.7. The van der Waals surface area contributed by atoms with Gasteiger partial charge in [-0.1, -0.05) is 47.6 Å². The molecule has 3 rings (SSSR count). The summed E-state index contributed by atoms with van der Waals surface area (Å²) in [6, 6.07) is 21.1. The van der Waals surface area contributed by atoms with Crippen molar-refractivity contribution in [1.29, 1.82) is 0 Å². The van der Waals surface area contributed by atoms with Crippen molar-refractivity contribution >= 4 is 11.7 Å². The number of hydrogen-bond acceptors (Lipinski definition) is 5. The molecule has 0 radical (unpaired) electrons. The second kappa shape index (κ2) is 10.8. The van der Waals surface area contributed by atoms with Gasteiger partial charge in [-0.3, -0.25) is 4.98 Å². The summed E-state index contributed by atoms with van der Waals surface area (Å²) in [6.45, 7) is 1.96. The number of pyridine rings is 1. The van der Waals surface area contributed by atoms with E-state index in [2.05, 4.69) is 10.1 Å². The standard InChI is InChI=1S/C24H24N2O4/c1-18(24(27)28)30-22-13-5-8-19(16-22)9-7-15-29-26-23(20-10-3-2-4-11-20)21-12-6-14-25-17-21/h2-6,8,10-14,16-18H,7,9,15H2,1H3,(H,27,28). The van der Waals surface area contributed by atoms with Crippen molar-refractivity contribution in [3.8, 4) is 5.75 Å². The first-order valence-corrected chi connectivity index (χ1v) is 9.77. The van der Waals surface area contributed by atoms with Crippen LogP contribution in [0, 0.1) is 0 Å². The number of benzene rings is 2. The van der Waals surface area contributed by atoms with Crippen molar-refractivity contribution in [2.45, 2.75) is 25.9 Å². The third-order valence-corrected chi connectivity index (χ3v) is 4.40. The average Bonchev–Trinajstić information content (AvgIpc) is 2.77. The lowest BCUT2D eigenvalue weighted by Crippen LogP contribution is -2.22. The molecule has 6 heteroatoms. The van der Waals surface area contributed by atoms with E-state index in [9.17, 15) is 4.79 Å². The number of carboxylic acid groups (broad SMARTS) is 1. The molecule has 3 aromatic rings. The van der Waals surface area contributed by atoms with Gasteiger partial charge in [0.25, 0.3) is 0 Å². The minimum atomic E-state index is -0.991. The number of aliphatic carboxylic acids is 1. The summed E-state index contributed by atoms with van der Waals surface area (Å²) in [5.74, 6) is -0.446. The summed E-state index contributed by atoms with van der Waals surface area (Å²) in [5, 5.41) is 13.3. The largest absolute Gasteiger partial charge is 0.479 e. The topological polar surface area (TPSA) is 81.0 Å². The first-order chi connectivity index (χ1) is 14.6. The number of ether oxygens (including phenoxy) is 1. The van der Waals surface area contributed by atoms with Crippen LogP contribution in [0.2, 0.25) is 0 Å². The monoisotopic (exact) mass is 404 g/mol. The molecule has 154 valence electrons. The van der Waals surface area contributed by atoms with Gasteiger partial charge >= 0.3 is 5.97 Å². The first kappa shape index (κ1) is 21.0. The molecule has 0 aliphatic rings. The molecule has 0 saturated carbocycles. The van der Waals surface area contributed by atoms with E-state index in [-0.39, 0.29) is 0 Å². The van der Waals surface area contributed by atoms with E-state index in [4.69, 9.17) is 14.7 Å². The van der Waals surface area contributed by atoms with E-state index in [1.165, 1.54) is 6.92 Å². The third-order valence-electron chi connectivity index (χ3n) is 4.40. The van der Waals surface area contributed by atoms with Crippen molar-refractivity contribution in [3.63, 3.8) is 0 Å². The van der Waals surface area contributed by atoms with Gasteiger partial charge in [-0.15, -0.1) is 0 Å². The summed E-state index contributed by atoms with van der Waals surface area (Å²) >= 11 is 0. The van der Waals surface area contributed by atoms with E-state index < -0.39 is 12.1 Å². The minimum absolute atomic E-state index is 0.452. The fourth-order valence-corrected chi connectivity index (χ4v) is 2.85. The van der Waals surface area contributed by atoms with Gasteiger partial charge in [0.15, 0.2) is 6.10 Å². The fraction of sp³-hybridized carbons (Fsp3) is 0.208. The lowest BCUT2D eigenvalue weighted by Gasteiger charge is -2.11. The van der Waals surface area contributed by atoms with Gasteiger partial charge in [0.05, 0.1) is 0 Å². The summed E-state index contributed by atoms with van der Waals surface area (Å²) in [7, 11) is 0. The number of carboxylic acids is 1. The van der Waals surface area contributed by atoms with E-state index in [1.807, 2.05) is 60.7 Å². The van der Waals surface area contributed by atoms with Crippen LogP contribution in [0.1, 0.15) is 30.0 Å². The zero-order valence-corrected chi connectivity index (χ0v) is 16.8. The predicted octanol–water partition coefficient (Wildman–Crippen LogP) is 4.34. The Morgan fingerprint density at radius 1 is 1.07 bits per heavy atom. The van der Waals surface area contributed by atoms with Gasteiger partial charge in [0.1, 0.15) is 18.1 Å². The van der Waals surface area contributed by atoms with Crippen LogP contribution in [0.4, 0.5) is 0 Å². The molecule has 0 aliphatic heterocycles. The summed E-state index contributed by atoms with van der Waals surface area (Å²) in [6.07, 6.45) is 4.13. The van der Waals surface area contributed by atoms with Crippen LogP contribution >= 0.6 is 0 Å². The van der Waals surface area contributed by atoms with Gasteiger partial charge < -0.3 is 14.7 Å². The number of oxime groups is 1. The molecule has 1 atom stereocenters. The van der Waals surface area contributed by atoms with Crippen LogP contribution in [0.15, 0.2) is 84.3 Å². The maximum atomic E-state index is 10.9. The molecule has 1 heterocycles. The molecule has 0 amide bonds. The molecule has 30 heavy (non-hydrogen) atoms. The Bertz CT molecular complexity index is 933. The molecule has 1 unspecified atom stereocenters. The Morgan fingerprint density at radius 3 is 2.60 bits per heavy atom. The highest BCUT2D eigenvalue weighted by atomic mass is 16.6. The van der Waals surface area contributed by atoms with Crippen LogP contribution in [0.5, 0.6) is 5.75 Å². The molecular weight excluding hydrogens is 380 g/mol. The van der Waals surface area contributed by atoms with Crippen molar-refractivity contribution in [2.75, 3.05) is 6.61 Å². The number of aryl methyl sites for hydroxylation is 1. The van der Waals surface area contributed by atoms with E-state index in [1.54, 1.807) is 18.5 Å². The Kier molecular flexibility index (Phi) is 7.55. The number of carbonyl (C=O) groups is 1. The predicted molar refractivity (Wildman–Crippen MR) is 115 cm³/mol. The molecule has 0 aliphatic carbocycles. The van der Waals surface area contributed by atoms with Crippen molar-refractivity contribution in [3.05, 3.63) is 95.8 Å². The maximum Gasteiger partial charge on any atom is 0.344 e. The van der Waals surface area contributed by atoms with Crippen LogP contribution < -0.4 is 4.74 Å². The van der Waals surface area contributed by atoms with Crippen molar-refractivity contribution < 1.29 is 19.5 Å². The Labute approximate surface area is 175 Å². The molecule has 0 saturated heterocycles. The van der Waals surface area contributed by atoms with Crippen LogP contribution in [0.3, 0.4) is 0 Å². The lowest BCUT2D eigenvalue weighted by atomic mass is 10.0. The quantitative estimate of drug-likeness (QED) is 0.309. The number of rotatable bonds is 10.